The summed E-state index contributed by atoms with van der Waals surface area (Å²) in [6.07, 6.45) is 4.06. The summed E-state index contributed by atoms with van der Waals surface area (Å²) in [5.74, 6) is 0.826. The maximum atomic E-state index is 10.8. The normalized spacial score (nSPS) is 10.7. The zero-order valence-electron chi connectivity index (χ0n) is 14.4. The average Bonchev–Trinajstić information content (AvgIpc) is 2.99. The van der Waals surface area contributed by atoms with Crippen molar-refractivity contribution in [2.24, 2.45) is 17.8 Å². The molecule has 0 aliphatic carbocycles. The van der Waals surface area contributed by atoms with Gasteiger partial charge in [0.05, 0.1) is 0 Å². The summed E-state index contributed by atoms with van der Waals surface area (Å²) in [5.41, 5.74) is 7.27. The lowest BCUT2D eigenvalue weighted by Crippen LogP contribution is -2.36. The standard InChI is InChI=1S/C17H23N5O2.HI/c1-19-17(21-10-14-6-7-22(2)11-14)20-9-13-4-3-5-15(8-13)24-12-16(18)23;/h3-8,11H,9-10,12H2,1-2H3,(H2,18,23)(H2,19,20,21);1H. The number of halogens is 1. The van der Waals surface area contributed by atoms with Gasteiger partial charge in [-0.15, -0.1) is 24.0 Å². The Hall–Kier alpha value is -2.23. The van der Waals surface area contributed by atoms with Crippen LogP contribution in [-0.4, -0.2) is 30.1 Å². The predicted molar refractivity (Wildman–Crippen MR) is 109 cm³/mol. The number of rotatable bonds is 7. The number of ether oxygens (including phenoxy) is 1. The summed E-state index contributed by atoms with van der Waals surface area (Å²) < 4.78 is 7.30. The molecule has 1 aromatic heterocycles. The van der Waals surface area contributed by atoms with Crippen LogP contribution in [0.1, 0.15) is 11.1 Å². The molecule has 0 aliphatic heterocycles. The van der Waals surface area contributed by atoms with Gasteiger partial charge in [-0.25, -0.2) is 0 Å². The predicted octanol–water partition coefficient (Wildman–Crippen LogP) is 1.37. The molecule has 2 rings (SSSR count). The monoisotopic (exact) mass is 457 g/mol. The van der Waals surface area contributed by atoms with E-state index in [1.807, 2.05) is 36.0 Å². The van der Waals surface area contributed by atoms with E-state index >= 15 is 0 Å². The number of guanidine groups is 1. The molecule has 1 amide bonds. The highest BCUT2D eigenvalue weighted by Crippen LogP contribution is 2.13. The Morgan fingerprint density at radius 3 is 2.56 bits per heavy atom. The van der Waals surface area contributed by atoms with E-state index in [-0.39, 0.29) is 30.6 Å². The Labute approximate surface area is 164 Å². The molecule has 0 fully saturated rings. The van der Waals surface area contributed by atoms with E-state index in [9.17, 15) is 4.79 Å². The third kappa shape index (κ3) is 7.46. The number of aryl methyl sites for hydroxylation is 1. The number of aliphatic imine (C=N–C) groups is 1. The number of carbonyl (C=O) groups excluding carboxylic acids is 1. The van der Waals surface area contributed by atoms with E-state index in [0.717, 1.165) is 5.56 Å². The van der Waals surface area contributed by atoms with Crippen LogP contribution in [0.5, 0.6) is 5.75 Å². The van der Waals surface area contributed by atoms with Gasteiger partial charge in [-0.3, -0.25) is 9.79 Å². The van der Waals surface area contributed by atoms with E-state index in [4.69, 9.17) is 10.5 Å². The molecular weight excluding hydrogens is 433 g/mol. The molecule has 1 heterocycles. The summed E-state index contributed by atoms with van der Waals surface area (Å²) in [4.78, 5) is 15.0. The van der Waals surface area contributed by atoms with Gasteiger partial charge in [-0.2, -0.15) is 0 Å². The van der Waals surface area contributed by atoms with Crippen molar-refractivity contribution in [3.63, 3.8) is 0 Å². The Balaban J connectivity index is 0.00000312. The summed E-state index contributed by atoms with van der Waals surface area (Å²) >= 11 is 0. The van der Waals surface area contributed by atoms with E-state index < -0.39 is 5.91 Å². The van der Waals surface area contributed by atoms with Crippen LogP contribution in [0.15, 0.2) is 47.7 Å². The van der Waals surface area contributed by atoms with Crippen molar-refractivity contribution in [3.05, 3.63) is 53.9 Å². The van der Waals surface area contributed by atoms with Crippen LogP contribution in [0.4, 0.5) is 0 Å². The van der Waals surface area contributed by atoms with Gasteiger partial charge < -0.3 is 25.7 Å². The number of nitrogens with zero attached hydrogens (tertiary/aromatic N) is 2. The lowest BCUT2D eigenvalue weighted by molar-refractivity contribution is -0.119. The first-order valence-corrected chi connectivity index (χ1v) is 7.62. The van der Waals surface area contributed by atoms with Crippen LogP contribution in [0.25, 0.3) is 0 Å². The third-order valence-electron chi connectivity index (χ3n) is 3.32. The van der Waals surface area contributed by atoms with Crippen LogP contribution in [-0.2, 0) is 24.9 Å². The van der Waals surface area contributed by atoms with Crippen LogP contribution in [0.2, 0.25) is 0 Å². The summed E-state index contributed by atoms with van der Waals surface area (Å²) in [6, 6.07) is 9.54. The first-order chi connectivity index (χ1) is 11.6. The highest BCUT2D eigenvalue weighted by Gasteiger charge is 2.02. The van der Waals surface area contributed by atoms with E-state index in [1.165, 1.54) is 5.56 Å². The Bertz CT molecular complexity index is 715. The van der Waals surface area contributed by atoms with Crippen molar-refractivity contribution in [1.29, 1.82) is 0 Å². The molecule has 25 heavy (non-hydrogen) atoms. The second-order valence-electron chi connectivity index (χ2n) is 5.37. The highest BCUT2D eigenvalue weighted by molar-refractivity contribution is 14.0. The van der Waals surface area contributed by atoms with Gasteiger partial charge in [-0.05, 0) is 29.3 Å². The fourth-order valence-electron chi connectivity index (χ4n) is 2.16. The molecule has 8 heteroatoms. The van der Waals surface area contributed by atoms with Gasteiger partial charge >= 0.3 is 0 Å². The maximum absolute atomic E-state index is 10.8. The van der Waals surface area contributed by atoms with Crippen molar-refractivity contribution >= 4 is 35.8 Å². The Kier molecular flexibility index (Phi) is 8.82. The molecule has 0 spiro atoms. The van der Waals surface area contributed by atoms with Crippen LogP contribution in [0, 0.1) is 0 Å². The molecule has 0 atom stereocenters. The Morgan fingerprint density at radius 1 is 1.24 bits per heavy atom. The van der Waals surface area contributed by atoms with E-state index in [1.54, 1.807) is 13.1 Å². The number of carbonyl (C=O) groups is 1. The zero-order valence-corrected chi connectivity index (χ0v) is 16.7. The molecule has 0 aliphatic rings. The average molecular weight is 457 g/mol. The van der Waals surface area contributed by atoms with Crippen molar-refractivity contribution < 1.29 is 9.53 Å². The molecule has 7 nitrogen and oxygen atoms in total. The SMILES string of the molecule is CN=C(NCc1cccc(OCC(N)=O)c1)NCc1ccn(C)c1.I. The first-order valence-electron chi connectivity index (χ1n) is 7.62. The number of nitrogens with two attached hydrogens (primary N) is 1. The summed E-state index contributed by atoms with van der Waals surface area (Å²) in [7, 11) is 3.72. The minimum absolute atomic E-state index is 0. The molecule has 0 saturated carbocycles. The number of hydrogen-bond donors (Lipinski definition) is 3. The molecule has 0 unspecified atom stereocenters. The van der Waals surface area contributed by atoms with Crippen molar-refractivity contribution in [2.75, 3.05) is 13.7 Å². The molecule has 0 radical (unpaired) electrons. The molecule has 136 valence electrons. The third-order valence-corrected chi connectivity index (χ3v) is 3.32. The van der Waals surface area contributed by atoms with Gasteiger partial charge in [-0.1, -0.05) is 12.1 Å². The van der Waals surface area contributed by atoms with Crippen molar-refractivity contribution in [3.8, 4) is 5.75 Å². The topological polar surface area (TPSA) is 93.7 Å². The fraction of sp³-hybridized carbons (Fsp3) is 0.294. The minimum atomic E-state index is -0.496. The number of hydrogen-bond acceptors (Lipinski definition) is 3. The van der Waals surface area contributed by atoms with Gasteiger partial charge in [0, 0.05) is 39.6 Å². The molecule has 0 saturated heterocycles. The molecule has 0 bridgehead atoms. The fourth-order valence-corrected chi connectivity index (χ4v) is 2.16. The minimum Gasteiger partial charge on any atom is -0.484 e. The first kappa shape index (κ1) is 20.8. The van der Waals surface area contributed by atoms with Crippen molar-refractivity contribution in [2.45, 2.75) is 13.1 Å². The largest absolute Gasteiger partial charge is 0.484 e. The van der Waals surface area contributed by atoms with Crippen LogP contribution >= 0.6 is 24.0 Å². The van der Waals surface area contributed by atoms with Gasteiger partial charge in [0.15, 0.2) is 12.6 Å². The number of amides is 1. The molecular formula is C17H24IN5O2. The van der Waals surface area contributed by atoms with Crippen LogP contribution in [0.3, 0.4) is 0 Å². The maximum Gasteiger partial charge on any atom is 0.255 e. The van der Waals surface area contributed by atoms with Gasteiger partial charge in [0.1, 0.15) is 5.75 Å². The summed E-state index contributed by atoms with van der Waals surface area (Å²) in [5, 5.41) is 6.50. The summed E-state index contributed by atoms with van der Waals surface area (Å²) in [6.45, 7) is 1.15. The molecule has 2 aromatic rings. The lowest BCUT2D eigenvalue weighted by Gasteiger charge is -2.12. The number of aromatic nitrogens is 1. The van der Waals surface area contributed by atoms with E-state index in [0.29, 0.717) is 24.8 Å². The van der Waals surface area contributed by atoms with Gasteiger partial charge in [0.25, 0.3) is 5.91 Å². The Morgan fingerprint density at radius 2 is 1.96 bits per heavy atom. The number of benzene rings is 1. The van der Waals surface area contributed by atoms with Gasteiger partial charge in [0.2, 0.25) is 0 Å². The molecule has 4 N–H and O–H groups in total. The molecule has 1 aromatic carbocycles. The zero-order chi connectivity index (χ0) is 17.4. The smallest absolute Gasteiger partial charge is 0.255 e. The highest BCUT2D eigenvalue weighted by atomic mass is 127. The van der Waals surface area contributed by atoms with Crippen LogP contribution < -0.4 is 21.1 Å². The second-order valence-corrected chi connectivity index (χ2v) is 5.37. The lowest BCUT2D eigenvalue weighted by atomic mass is 10.2. The van der Waals surface area contributed by atoms with E-state index in [2.05, 4.69) is 27.9 Å². The quantitative estimate of drug-likeness (QED) is 0.333. The second kappa shape index (κ2) is 10.6. The number of nitrogens with one attached hydrogen (secondary N) is 2. The van der Waals surface area contributed by atoms with Crippen molar-refractivity contribution in [1.82, 2.24) is 15.2 Å². The number of primary amides is 1.